The lowest BCUT2D eigenvalue weighted by atomic mass is 10.2. The van der Waals surface area contributed by atoms with Gasteiger partial charge in [0.15, 0.2) is 0 Å². The average molecular weight is 334 g/mol. The van der Waals surface area contributed by atoms with Crippen LogP contribution in [0.1, 0.15) is 18.4 Å². The van der Waals surface area contributed by atoms with Gasteiger partial charge in [-0.15, -0.1) is 0 Å². The number of aromatic nitrogens is 1. The topological polar surface area (TPSA) is 70.5 Å². The Hall–Kier alpha value is -1.99. The standard InChI is InChI=1S/C15H14N2O3S2/c18-13(19)7-3-9-17-14(20)12(22-15(17)21)6-1-4-11-5-2-8-16-10-11/h1-2,4-6,8,10H,3,7,9H2,(H,18,19)/b4-1-,12-6-. The third-order valence-electron chi connectivity index (χ3n) is 2.87. The van der Waals surface area contributed by atoms with E-state index in [0.29, 0.717) is 22.2 Å². The van der Waals surface area contributed by atoms with Crippen LogP contribution in [0.4, 0.5) is 0 Å². The maximum atomic E-state index is 12.2. The Balaban J connectivity index is 1.97. The van der Waals surface area contributed by atoms with E-state index in [9.17, 15) is 9.59 Å². The number of nitrogens with zero attached hydrogens (tertiary/aromatic N) is 2. The summed E-state index contributed by atoms with van der Waals surface area (Å²) < 4.78 is 0.469. The first-order chi connectivity index (χ1) is 10.6. The van der Waals surface area contributed by atoms with Gasteiger partial charge in [0.1, 0.15) is 4.32 Å². The first-order valence-electron chi connectivity index (χ1n) is 6.62. The smallest absolute Gasteiger partial charge is 0.303 e. The first-order valence-corrected chi connectivity index (χ1v) is 7.84. The van der Waals surface area contributed by atoms with Crippen molar-refractivity contribution in [2.45, 2.75) is 12.8 Å². The molecule has 0 bridgehead atoms. The van der Waals surface area contributed by atoms with Crippen molar-refractivity contribution >= 4 is 46.3 Å². The quantitative estimate of drug-likeness (QED) is 0.637. The molecule has 1 N–H and O–H groups in total. The number of rotatable bonds is 6. The van der Waals surface area contributed by atoms with Gasteiger partial charge in [-0.2, -0.15) is 0 Å². The molecule has 0 saturated carbocycles. The second-order valence-corrected chi connectivity index (χ2v) is 6.17. The molecule has 0 radical (unpaired) electrons. The molecule has 0 unspecified atom stereocenters. The molecule has 1 aliphatic rings. The summed E-state index contributed by atoms with van der Waals surface area (Å²) in [6.45, 7) is 0.334. The Morgan fingerprint density at radius 1 is 1.50 bits per heavy atom. The van der Waals surface area contributed by atoms with Gasteiger partial charge in [0.25, 0.3) is 5.91 Å². The Bertz CT molecular complexity index is 641. The zero-order chi connectivity index (χ0) is 15.9. The van der Waals surface area contributed by atoms with Crippen molar-refractivity contribution in [3.8, 4) is 0 Å². The molecule has 1 fully saturated rings. The Morgan fingerprint density at radius 3 is 3.00 bits per heavy atom. The molecule has 0 aliphatic carbocycles. The van der Waals surface area contributed by atoms with Gasteiger partial charge < -0.3 is 5.11 Å². The van der Waals surface area contributed by atoms with Gasteiger partial charge in [-0.25, -0.2) is 0 Å². The number of carbonyl (C=O) groups excluding carboxylic acids is 1. The van der Waals surface area contributed by atoms with Crippen LogP contribution in [0.3, 0.4) is 0 Å². The zero-order valence-electron chi connectivity index (χ0n) is 11.6. The fourth-order valence-electron chi connectivity index (χ4n) is 1.82. The van der Waals surface area contributed by atoms with E-state index in [-0.39, 0.29) is 12.3 Å². The molecule has 22 heavy (non-hydrogen) atoms. The maximum absolute atomic E-state index is 12.2. The highest BCUT2D eigenvalue weighted by Gasteiger charge is 2.31. The Labute approximate surface area is 137 Å². The molecule has 7 heteroatoms. The van der Waals surface area contributed by atoms with Gasteiger partial charge in [-0.1, -0.05) is 42.2 Å². The van der Waals surface area contributed by atoms with E-state index < -0.39 is 5.97 Å². The van der Waals surface area contributed by atoms with Crippen LogP contribution in [0.5, 0.6) is 0 Å². The molecule has 1 aliphatic heterocycles. The Kier molecular flexibility index (Phi) is 5.85. The van der Waals surface area contributed by atoms with Crippen molar-refractivity contribution in [2.75, 3.05) is 6.54 Å². The zero-order valence-corrected chi connectivity index (χ0v) is 13.3. The minimum absolute atomic E-state index is 0.0248. The predicted molar refractivity (Wildman–Crippen MR) is 90.1 cm³/mol. The van der Waals surface area contributed by atoms with Crippen LogP contribution in [0, 0.1) is 0 Å². The molecule has 0 aromatic carbocycles. The highest BCUT2D eigenvalue weighted by molar-refractivity contribution is 8.26. The average Bonchev–Trinajstić information content (AvgIpc) is 2.76. The van der Waals surface area contributed by atoms with Crippen LogP contribution < -0.4 is 0 Å². The number of thiocarbonyl (C=S) groups is 1. The van der Waals surface area contributed by atoms with E-state index in [4.69, 9.17) is 17.3 Å². The molecule has 0 spiro atoms. The lowest BCUT2D eigenvalue weighted by Crippen LogP contribution is -2.29. The maximum Gasteiger partial charge on any atom is 0.303 e. The molecular formula is C15H14N2O3S2. The van der Waals surface area contributed by atoms with Gasteiger partial charge in [0.2, 0.25) is 0 Å². The number of pyridine rings is 1. The fourth-order valence-corrected chi connectivity index (χ4v) is 3.08. The van der Waals surface area contributed by atoms with E-state index in [1.54, 1.807) is 24.5 Å². The number of carbonyl (C=O) groups is 2. The van der Waals surface area contributed by atoms with Gasteiger partial charge >= 0.3 is 5.97 Å². The van der Waals surface area contributed by atoms with E-state index in [0.717, 1.165) is 5.56 Å². The van der Waals surface area contributed by atoms with Crippen molar-refractivity contribution in [2.24, 2.45) is 0 Å². The minimum Gasteiger partial charge on any atom is -0.481 e. The normalized spacial score (nSPS) is 16.9. The van der Waals surface area contributed by atoms with E-state index in [2.05, 4.69) is 4.98 Å². The van der Waals surface area contributed by atoms with Crippen molar-refractivity contribution in [3.63, 3.8) is 0 Å². The summed E-state index contributed by atoms with van der Waals surface area (Å²) in [6, 6.07) is 3.75. The molecule has 2 rings (SSSR count). The summed E-state index contributed by atoms with van der Waals surface area (Å²) in [4.78, 5) is 28.7. The number of thioether (sulfide) groups is 1. The number of allylic oxidation sites excluding steroid dienone is 2. The van der Waals surface area contributed by atoms with Crippen molar-refractivity contribution < 1.29 is 14.7 Å². The molecule has 5 nitrogen and oxygen atoms in total. The minimum atomic E-state index is -0.875. The van der Waals surface area contributed by atoms with Crippen LogP contribution >= 0.6 is 24.0 Å². The van der Waals surface area contributed by atoms with Crippen LogP contribution in [0.15, 0.2) is 41.6 Å². The highest BCUT2D eigenvalue weighted by Crippen LogP contribution is 2.31. The molecule has 1 aromatic heterocycles. The molecule has 0 atom stereocenters. The Morgan fingerprint density at radius 2 is 2.32 bits per heavy atom. The summed E-state index contributed by atoms with van der Waals surface area (Å²) in [7, 11) is 0. The SMILES string of the molecule is O=C(O)CCCN1C(=O)/C(=C/C=C\c2cccnc2)SC1=S. The van der Waals surface area contributed by atoms with Crippen LogP contribution in [-0.2, 0) is 9.59 Å². The third kappa shape index (κ3) is 4.51. The second-order valence-electron chi connectivity index (χ2n) is 4.50. The molecule has 1 aromatic rings. The van der Waals surface area contributed by atoms with E-state index >= 15 is 0 Å². The number of hydrogen-bond donors (Lipinski definition) is 1. The number of carboxylic acids is 1. The number of aliphatic carboxylic acids is 1. The monoisotopic (exact) mass is 334 g/mol. The van der Waals surface area contributed by atoms with E-state index in [1.165, 1.54) is 16.7 Å². The van der Waals surface area contributed by atoms with Crippen LogP contribution in [-0.4, -0.2) is 37.7 Å². The lowest BCUT2D eigenvalue weighted by Gasteiger charge is -2.12. The summed E-state index contributed by atoms with van der Waals surface area (Å²) >= 11 is 6.39. The third-order valence-corrected chi connectivity index (χ3v) is 4.26. The summed E-state index contributed by atoms with van der Waals surface area (Å²) in [5, 5.41) is 8.63. The van der Waals surface area contributed by atoms with Crippen LogP contribution in [0.25, 0.3) is 6.08 Å². The summed E-state index contributed by atoms with van der Waals surface area (Å²) in [5.74, 6) is -1.04. The number of carboxylic acid groups (broad SMARTS) is 1. The highest BCUT2D eigenvalue weighted by atomic mass is 32.2. The molecular weight excluding hydrogens is 320 g/mol. The van der Waals surface area contributed by atoms with Gasteiger partial charge in [-0.3, -0.25) is 19.5 Å². The fraction of sp³-hybridized carbons (Fsp3) is 0.200. The molecule has 2 heterocycles. The van der Waals surface area contributed by atoms with Crippen molar-refractivity contribution in [3.05, 3.63) is 47.1 Å². The predicted octanol–water partition coefficient (Wildman–Crippen LogP) is 2.70. The number of amides is 1. The molecule has 114 valence electrons. The van der Waals surface area contributed by atoms with Gasteiger partial charge in [0, 0.05) is 25.4 Å². The van der Waals surface area contributed by atoms with E-state index in [1.807, 2.05) is 18.2 Å². The second kappa shape index (κ2) is 7.86. The summed E-state index contributed by atoms with van der Waals surface area (Å²) in [5.41, 5.74) is 0.940. The van der Waals surface area contributed by atoms with Crippen LogP contribution in [0.2, 0.25) is 0 Å². The summed E-state index contributed by atoms with van der Waals surface area (Å²) in [6.07, 6.45) is 9.17. The molecule has 1 amide bonds. The van der Waals surface area contributed by atoms with Gasteiger partial charge in [-0.05, 0) is 24.1 Å². The van der Waals surface area contributed by atoms with Crippen molar-refractivity contribution in [1.29, 1.82) is 0 Å². The lowest BCUT2D eigenvalue weighted by molar-refractivity contribution is -0.137. The largest absolute Gasteiger partial charge is 0.481 e. The van der Waals surface area contributed by atoms with Gasteiger partial charge in [0.05, 0.1) is 4.91 Å². The first kappa shape index (κ1) is 16.4. The van der Waals surface area contributed by atoms with Crippen molar-refractivity contribution in [1.82, 2.24) is 9.88 Å². The number of hydrogen-bond acceptors (Lipinski definition) is 5. The molecule has 1 saturated heterocycles.